The third-order valence-electron chi connectivity index (χ3n) is 2.84. The van der Waals surface area contributed by atoms with Gasteiger partial charge in [0.25, 0.3) is 0 Å². The molecule has 0 radical (unpaired) electrons. The van der Waals surface area contributed by atoms with Crippen LogP contribution in [0.3, 0.4) is 0 Å². The van der Waals surface area contributed by atoms with Gasteiger partial charge in [-0.1, -0.05) is 37.1 Å². The number of aliphatic imine (C=N–C) groups is 1. The second kappa shape index (κ2) is 4.84. The van der Waals surface area contributed by atoms with Crippen LogP contribution in [0.25, 0.3) is 0 Å². The summed E-state index contributed by atoms with van der Waals surface area (Å²) in [5.41, 5.74) is 4.97. The zero-order chi connectivity index (χ0) is 11.5. The van der Waals surface area contributed by atoms with Crippen molar-refractivity contribution in [2.75, 3.05) is 0 Å². The van der Waals surface area contributed by atoms with E-state index in [2.05, 4.69) is 19.9 Å². The van der Waals surface area contributed by atoms with Gasteiger partial charge in [0, 0.05) is 17.1 Å². The molecule has 0 aromatic heterocycles. The predicted octanol–water partition coefficient (Wildman–Crippen LogP) is 4.61. The van der Waals surface area contributed by atoms with Crippen molar-refractivity contribution < 1.29 is 0 Å². The van der Waals surface area contributed by atoms with Gasteiger partial charge in [0.2, 0.25) is 0 Å². The molecule has 1 aliphatic rings. The Morgan fingerprint density at radius 3 is 2.88 bits per heavy atom. The van der Waals surface area contributed by atoms with Gasteiger partial charge in [-0.15, -0.1) is 0 Å². The largest absolute Gasteiger partial charge is 0.257 e. The van der Waals surface area contributed by atoms with E-state index in [1.807, 2.05) is 18.2 Å². The summed E-state index contributed by atoms with van der Waals surface area (Å²) < 4.78 is 0. The Balaban J connectivity index is 2.24. The maximum absolute atomic E-state index is 5.99. The van der Waals surface area contributed by atoms with Crippen LogP contribution in [0.4, 0.5) is 0 Å². The molecule has 0 saturated heterocycles. The lowest BCUT2D eigenvalue weighted by Gasteiger charge is -2.00. The number of rotatable bonds is 3. The highest BCUT2D eigenvalue weighted by Crippen LogP contribution is 2.26. The lowest BCUT2D eigenvalue weighted by atomic mass is 10.0. The number of benzene rings is 1. The number of halogens is 1. The molecule has 0 aliphatic carbocycles. The van der Waals surface area contributed by atoms with E-state index in [0.717, 1.165) is 35.6 Å². The Kier molecular flexibility index (Phi) is 3.45. The first kappa shape index (κ1) is 11.4. The van der Waals surface area contributed by atoms with Crippen molar-refractivity contribution in [1.82, 2.24) is 0 Å². The molecule has 0 unspecified atom stereocenters. The van der Waals surface area contributed by atoms with Crippen LogP contribution >= 0.6 is 11.6 Å². The Labute approximate surface area is 102 Å². The lowest BCUT2D eigenvalue weighted by Crippen LogP contribution is -1.96. The summed E-state index contributed by atoms with van der Waals surface area (Å²) in [5, 5.41) is 0.779. The molecule has 1 nitrogen and oxygen atoms in total. The highest BCUT2D eigenvalue weighted by atomic mass is 35.5. The second-order valence-electron chi connectivity index (χ2n) is 4.22. The zero-order valence-electron chi connectivity index (χ0n) is 9.76. The molecule has 2 heteroatoms. The molecule has 0 bridgehead atoms. The maximum Gasteiger partial charge on any atom is 0.0520 e. The number of allylic oxidation sites excluding steroid dienone is 2. The summed E-state index contributed by atoms with van der Waals surface area (Å²) in [6.45, 7) is 4.36. The molecule has 1 aromatic carbocycles. The van der Waals surface area contributed by atoms with Crippen LogP contribution in [0.1, 0.15) is 38.7 Å². The van der Waals surface area contributed by atoms with E-state index in [1.165, 1.54) is 11.3 Å². The minimum Gasteiger partial charge on any atom is -0.257 e. The second-order valence-corrected chi connectivity index (χ2v) is 4.66. The molecule has 16 heavy (non-hydrogen) atoms. The van der Waals surface area contributed by atoms with Crippen LogP contribution in [0, 0.1) is 0 Å². The molecule has 84 valence electrons. The van der Waals surface area contributed by atoms with Crippen molar-refractivity contribution in [1.29, 1.82) is 0 Å². The van der Waals surface area contributed by atoms with Gasteiger partial charge in [0.1, 0.15) is 0 Å². The fourth-order valence-corrected chi connectivity index (χ4v) is 2.18. The SMILES string of the molecule is CCCC1=C(C)CC(c2cccc(Cl)c2)=N1. The molecule has 0 N–H and O–H groups in total. The van der Waals surface area contributed by atoms with Crippen LogP contribution in [-0.2, 0) is 0 Å². The maximum atomic E-state index is 5.99. The molecule has 1 aromatic rings. The summed E-state index contributed by atoms with van der Waals surface area (Å²) in [6, 6.07) is 7.94. The van der Waals surface area contributed by atoms with E-state index < -0.39 is 0 Å². The van der Waals surface area contributed by atoms with Crippen LogP contribution < -0.4 is 0 Å². The van der Waals surface area contributed by atoms with Gasteiger partial charge in [0.05, 0.1) is 5.71 Å². The molecular weight excluding hydrogens is 218 g/mol. The number of nitrogens with zero attached hydrogens (tertiary/aromatic N) is 1. The van der Waals surface area contributed by atoms with Crippen molar-refractivity contribution in [2.45, 2.75) is 33.1 Å². The van der Waals surface area contributed by atoms with Crippen molar-refractivity contribution in [3.05, 3.63) is 46.1 Å². The molecule has 1 heterocycles. The van der Waals surface area contributed by atoms with E-state index in [0.29, 0.717) is 0 Å². The zero-order valence-corrected chi connectivity index (χ0v) is 10.5. The smallest absolute Gasteiger partial charge is 0.0520 e. The van der Waals surface area contributed by atoms with Crippen LogP contribution in [0.2, 0.25) is 5.02 Å². The average molecular weight is 234 g/mol. The van der Waals surface area contributed by atoms with Gasteiger partial charge >= 0.3 is 0 Å². The summed E-state index contributed by atoms with van der Waals surface area (Å²) in [6.07, 6.45) is 3.20. The first-order valence-electron chi connectivity index (χ1n) is 5.73. The quantitative estimate of drug-likeness (QED) is 0.723. The fourth-order valence-electron chi connectivity index (χ4n) is 1.99. The first-order chi connectivity index (χ1) is 7.70. The van der Waals surface area contributed by atoms with Crippen molar-refractivity contribution in [2.24, 2.45) is 4.99 Å². The topological polar surface area (TPSA) is 12.4 Å². The predicted molar refractivity (Wildman–Crippen MR) is 70.2 cm³/mol. The van der Waals surface area contributed by atoms with Gasteiger partial charge in [-0.25, -0.2) is 0 Å². The van der Waals surface area contributed by atoms with Crippen LogP contribution in [0.15, 0.2) is 40.5 Å². The molecule has 1 aliphatic heterocycles. The summed E-state index contributed by atoms with van der Waals surface area (Å²) in [4.78, 5) is 4.71. The van der Waals surface area contributed by atoms with Crippen LogP contribution in [-0.4, -0.2) is 5.71 Å². The van der Waals surface area contributed by atoms with Crippen LogP contribution in [0.5, 0.6) is 0 Å². The van der Waals surface area contributed by atoms with E-state index in [-0.39, 0.29) is 0 Å². The Hall–Kier alpha value is -1.08. The monoisotopic (exact) mass is 233 g/mol. The van der Waals surface area contributed by atoms with E-state index in [9.17, 15) is 0 Å². The first-order valence-corrected chi connectivity index (χ1v) is 6.10. The normalized spacial score (nSPS) is 15.6. The third-order valence-corrected chi connectivity index (χ3v) is 3.07. The van der Waals surface area contributed by atoms with Gasteiger partial charge in [-0.3, -0.25) is 4.99 Å². The van der Waals surface area contributed by atoms with Gasteiger partial charge in [-0.2, -0.15) is 0 Å². The lowest BCUT2D eigenvalue weighted by molar-refractivity contribution is 0.885. The van der Waals surface area contributed by atoms with Crippen molar-refractivity contribution in [3.63, 3.8) is 0 Å². The van der Waals surface area contributed by atoms with Gasteiger partial charge < -0.3 is 0 Å². The molecule has 0 spiro atoms. The van der Waals surface area contributed by atoms with E-state index in [1.54, 1.807) is 0 Å². The van der Waals surface area contributed by atoms with Gasteiger partial charge in [0.15, 0.2) is 0 Å². The van der Waals surface area contributed by atoms with Crippen molar-refractivity contribution >= 4 is 17.3 Å². The van der Waals surface area contributed by atoms with Crippen molar-refractivity contribution in [3.8, 4) is 0 Å². The summed E-state index contributed by atoms with van der Waals surface area (Å²) in [7, 11) is 0. The molecular formula is C14H16ClN. The fraction of sp³-hybridized carbons (Fsp3) is 0.357. The minimum atomic E-state index is 0.779. The summed E-state index contributed by atoms with van der Waals surface area (Å²) in [5.74, 6) is 0. The summed E-state index contributed by atoms with van der Waals surface area (Å²) >= 11 is 5.99. The molecule has 2 rings (SSSR count). The molecule has 0 fully saturated rings. The third kappa shape index (κ3) is 2.35. The Morgan fingerprint density at radius 1 is 1.38 bits per heavy atom. The number of hydrogen-bond acceptors (Lipinski definition) is 1. The average Bonchev–Trinajstić information content (AvgIpc) is 2.61. The number of hydrogen-bond donors (Lipinski definition) is 0. The Bertz CT molecular complexity index is 458. The molecule has 0 amide bonds. The van der Waals surface area contributed by atoms with E-state index >= 15 is 0 Å². The molecule has 0 atom stereocenters. The minimum absolute atomic E-state index is 0.779. The highest BCUT2D eigenvalue weighted by Gasteiger charge is 2.15. The van der Waals surface area contributed by atoms with Gasteiger partial charge in [-0.05, 0) is 36.6 Å². The standard InChI is InChI=1S/C14H16ClN/c1-3-5-13-10(2)8-14(16-13)11-6-4-7-12(15)9-11/h4,6-7,9H,3,5,8H2,1-2H3. The highest BCUT2D eigenvalue weighted by molar-refractivity contribution is 6.31. The molecule has 0 saturated carbocycles. The van der Waals surface area contributed by atoms with E-state index in [4.69, 9.17) is 16.6 Å². The Morgan fingerprint density at radius 2 is 2.19 bits per heavy atom.